The van der Waals surface area contributed by atoms with Crippen LogP contribution in [0.25, 0.3) is 0 Å². The first-order chi connectivity index (χ1) is 9.29. The Hall–Kier alpha value is -1.82. The van der Waals surface area contributed by atoms with E-state index in [-0.39, 0.29) is 23.9 Å². The fourth-order valence-electron chi connectivity index (χ4n) is 1.56. The fraction of sp³-hybridized carbons (Fsp3) is 0.385. The van der Waals surface area contributed by atoms with Crippen molar-refractivity contribution in [3.05, 3.63) is 34.6 Å². The van der Waals surface area contributed by atoms with Crippen LogP contribution in [0.3, 0.4) is 0 Å². The Morgan fingerprint density at radius 3 is 2.60 bits per heavy atom. The lowest BCUT2D eigenvalue weighted by molar-refractivity contribution is -0.124. The first-order valence-corrected chi connectivity index (χ1v) is 6.41. The molecule has 0 saturated carbocycles. The maximum atomic E-state index is 12.9. The SMILES string of the molecule is CC(C)CN(NC(=O)Cc1ccc(F)cc1Cl)C(=O)O. The van der Waals surface area contributed by atoms with Gasteiger partial charge in [0.25, 0.3) is 0 Å². The van der Waals surface area contributed by atoms with E-state index in [0.717, 1.165) is 11.1 Å². The Morgan fingerprint density at radius 2 is 2.10 bits per heavy atom. The number of carboxylic acid groups (broad SMARTS) is 1. The molecule has 1 rings (SSSR count). The summed E-state index contributed by atoms with van der Waals surface area (Å²) in [5.41, 5.74) is 2.71. The molecule has 0 aliphatic carbocycles. The normalized spacial score (nSPS) is 10.4. The number of rotatable bonds is 4. The van der Waals surface area contributed by atoms with Gasteiger partial charge in [-0.3, -0.25) is 10.2 Å². The van der Waals surface area contributed by atoms with Crippen molar-refractivity contribution in [2.45, 2.75) is 20.3 Å². The highest BCUT2D eigenvalue weighted by Gasteiger charge is 2.17. The number of carbonyl (C=O) groups is 2. The van der Waals surface area contributed by atoms with E-state index in [4.69, 9.17) is 16.7 Å². The molecule has 0 atom stereocenters. The summed E-state index contributed by atoms with van der Waals surface area (Å²) in [6.45, 7) is 3.84. The molecule has 2 amide bonds. The summed E-state index contributed by atoms with van der Waals surface area (Å²) in [5, 5.41) is 9.92. The number of hydrazine groups is 1. The van der Waals surface area contributed by atoms with E-state index >= 15 is 0 Å². The van der Waals surface area contributed by atoms with Crippen LogP contribution in [0.2, 0.25) is 5.02 Å². The Bertz CT molecular complexity index is 508. The Kier molecular flexibility index (Phi) is 5.76. The van der Waals surface area contributed by atoms with E-state index in [1.165, 1.54) is 12.1 Å². The van der Waals surface area contributed by atoms with Crippen LogP contribution < -0.4 is 5.43 Å². The molecule has 0 aromatic heterocycles. The van der Waals surface area contributed by atoms with Crippen LogP contribution in [0.1, 0.15) is 19.4 Å². The van der Waals surface area contributed by atoms with Gasteiger partial charge in [0, 0.05) is 11.6 Å². The number of benzene rings is 1. The molecule has 1 aromatic carbocycles. The summed E-state index contributed by atoms with van der Waals surface area (Å²) in [6, 6.07) is 3.69. The predicted molar refractivity (Wildman–Crippen MR) is 72.8 cm³/mol. The zero-order chi connectivity index (χ0) is 15.3. The van der Waals surface area contributed by atoms with Gasteiger partial charge in [0.15, 0.2) is 0 Å². The van der Waals surface area contributed by atoms with E-state index in [9.17, 15) is 14.0 Å². The minimum Gasteiger partial charge on any atom is -0.464 e. The quantitative estimate of drug-likeness (QED) is 0.840. The number of nitrogens with one attached hydrogen (secondary N) is 1. The van der Waals surface area contributed by atoms with Gasteiger partial charge < -0.3 is 5.11 Å². The molecule has 20 heavy (non-hydrogen) atoms. The van der Waals surface area contributed by atoms with Crippen molar-refractivity contribution >= 4 is 23.6 Å². The molecule has 2 N–H and O–H groups in total. The second-order valence-corrected chi connectivity index (χ2v) is 5.14. The Morgan fingerprint density at radius 1 is 1.45 bits per heavy atom. The molecule has 1 aromatic rings. The highest BCUT2D eigenvalue weighted by molar-refractivity contribution is 6.31. The van der Waals surface area contributed by atoms with E-state index in [1.807, 2.05) is 13.8 Å². The highest BCUT2D eigenvalue weighted by atomic mass is 35.5. The third kappa shape index (κ3) is 5.05. The minimum absolute atomic E-state index is 0.0702. The van der Waals surface area contributed by atoms with Gasteiger partial charge in [0.1, 0.15) is 5.82 Å². The monoisotopic (exact) mass is 302 g/mol. The van der Waals surface area contributed by atoms with Crippen molar-refractivity contribution in [3.8, 4) is 0 Å². The first kappa shape index (κ1) is 16.2. The summed E-state index contributed by atoms with van der Waals surface area (Å²) < 4.78 is 12.9. The maximum absolute atomic E-state index is 12.9. The number of hydrogen-bond donors (Lipinski definition) is 2. The first-order valence-electron chi connectivity index (χ1n) is 6.03. The zero-order valence-electron chi connectivity index (χ0n) is 11.2. The standard InChI is InChI=1S/C13H16ClFN2O3/c1-8(2)7-17(13(19)20)16-12(18)5-9-3-4-10(15)6-11(9)14/h3-4,6,8H,5,7H2,1-2H3,(H,16,18)(H,19,20). The Balaban J connectivity index is 2.68. The molecule has 0 aliphatic rings. The van der Waals surface area contributed by atoms with Crippen molar-refractivity contribution in [2.24, 2.45) is 5.92 Å². The second kappa shape index (κ2) is 7.09. The zero-order valence-corrected chi connectivity index (χ0v) is 11.9. The van der Waals surface area contributed by atoms with Crippen molar-refractivity contribution in [2.75, 3.05) is 6.54 Å². The topological polar surface area (TPSA) is 69.6 Å². The van der Waals surface area contributed by atoms with Gasteiger partial charge in [-0.2, -0.15) is 0 Å². The molecule has 0 bridgehead atoms. The molecule has 0 saturated heterocycles. The third-order valence-corrected chi connectivity index (χ3v) is 2.76. The summed E-state index contributed by atoms with van der Waals surface area (Å²) in [5.74, 6) is -0.950. The molecule has 5 nitrogen and oxygen atoms in total. The summed E-state index contributed by atoms with van der Waals surface area (Å²) >= 11 is 5.81. The molecular weight excluding hydrogens is 287 g/mol. The lowest BCUT2D eigenvalue weighted by Gasteiger charge is -2.21. The summed E-state index contributed by atoms with van der Waals surface area (Å²) in [4.78, 5) is 22.7. The minimum atomic E-state index is -1.24. The van der Waals surface area contributed by atoms with Gasteiger partial charge in [-0.25, -0.2) is 14.2 Å². The van der Waals surface area contributed by atoms with Crippen LogP contribution in [-0.4, -0.2) is 28.7 Å². The molecule has 0 heterocycles. The maximum Gasteiger partial charge on any atom is 0.426 e. The predicted octanol–water partition coefficient (Wildman–Crippen LogP) is 2.69. The number of amides is 2. The van der Waals surface area contributed by atoms with Crippen molar-refractivity contribution in [3.63, 3.8) is 0 Å². The molecule has 0 aliphatic heterocycles. The molecule has 7 heteroatoms. The third-order valence-electron chi connectivity index (χ3n) is 2.40. The van der Waals surface area contributed by atoms with Crippen LogP contribution in [0.5, 0.6) is 0 Å². The highest BCUT2D eigenvalue weighted by Crippen LogP contribution is 2.17. The summed E-state index contributed by atoms with van der Waals surface area (Å²) in [7, 11) is 0. The lowest BCUT2D eigenvalue weighted by atomic mass is 10.1. The molecular formula is C13H16ClFN2O3. The van der Waals surface area contributed by atoms with Crippen molar-refractivity contribution in [1.29, 1.82) is 0 Å². The van der Waals surface area contributed by atoms with E-state index < -0.39 is 17.8 Å². The average Bonchev–Trinajstić information content (AvgIpc) is 2.31. The molecule has 110 valence electrons. The van der Waals surface area contributed by atoms with Gasteiger partial charge in [-0.15, -0.1) is 0 Å². The van der Waals surface area contributed by atoms with Crippen LogP contribution >= 0.6 is 11.6 Å². The smallest absolute Gasteiger partial charge is 0.426 e. The van der Waals surface area contributed by atoms with E-state index in [1.54, 1.807) is 0 Å². The van der Waals surface area contributed by atoms with Crippen LogP contribution in [-0.2, 0) is 11.2 Å². The largest absolute Gasteiger partial charge is 0.464 e. The van der Waals surface area contributed by atoms with Gasteiger partial charge >= 0.3 is 6.09 Å². The summed E-state index contributed by atoms with van der Waals surface area (Å²) in [6.07, 6.45) is -1.36. The van der Waals surface area contributed by atoms with Crippen LogP contribution in [0, 0.1) is 11.7 Å². The number of hydrogen-bond acceptors (Lipinski definition) is 2. The number of halogens is 2. The van der Waals surface area contributed by atoms with Gasteiger partial charge in [-0.05, 0) is 23.6 Å². The van der Waals surface area contributed by atoms with Crippen molar-refractivity contribution < 1.29 is 19.1 Å². The number of nitrogens with zero attached hydrogens (tertiary/aromatic N) is 1. The van der Waals surface area contributed by atoms with Gasteiger partial charge in [0.2, 0.25) is 5.91 Å². The molecule has 0 radical (unpaired) electrons. The molecule has 0 spiro atoms. The van der Waals surface area contributed by atoms with Crippen LogP contribution in [0.4, 0.5) is 9.18 Å². The van der Waals surface area contributed by atoms with Crippen LogP contribution in [0.15, 0.2) is 18.2 Å². The van der Waals surface area contributed by atoms with Gasteiger partial charge in [-0.1, -0.05) is 31.5 Å². The average molecular weight is 303 g/mol. The number of carbonyl (C=O) groups excluding carboxylic acids is 1. The molecule has 0 unspecified atom stereocenters. The Labute approximate surface area is 121 Å². The van der Waals surface area contributed by atoms with E-state index in [0.29, 0.717) is 5.56 Å². The van der Waals surface area contributed by atoms with Gasteiger partial charge in [0.05, 0.1) is 6.42 Å². The van der Waals surface area contributed by atoms with E-state index in [2.05, 4.69) is 5.43 Å². The lowest BCUT2D eigenvalue weighted by Crippen LogP contribution is -2.47. The van der Waals surface area contributed by atoms with Crippen molar-refractivity contribution in [1.82, 2.24) is 10.4 Å². The second-order valence-electron chi connectivity index (χ2n) is 4.73. The fourth-order valence-corrected chi connectivity index (χ4v) is 1.80. The molecule has 0 fully saturated rings.